The lowest BCUT2D eigenvalue weighted by molar-refractivity contribution is 0.620. The Morgan fingerprint density at radius 3 is 1.27 bits per heavy atom. The fourth-order valence-electron chi connectivity index (χ4n) is 5.95. The topological polar surface area (TPSA) is 80.8 Å². The summed E-state index contributed by atoms with van der Waals surface area (Å²) in [7, 11) is 0. The molecule has 9 rings (SSSR count). The summed E-state index contributed by atoms with van der Waals surface area (Å²) in [5, 5.41) is 0. The molecule has 6 aromatic carbocycles. The van der Waals surface area contributed by atoms with E-state index in [-0.39, 0.29) is 0 Å². The maximum atomic E-state index is 6.04. The highest BCUT2D eigenvalue weighted by atomic mass is 16.3. The molecule has 0 aliphatic rings. The van der Waals surface area contributed by atoms with Gasteiger partial charge in [-0.2, -0.15) is 0 Å². The van der Waals surface area contributed by atoms with Crippen LogP contribution in [0.3, 0.4) is 0 Å². The highest BCUT2D eigenvalue weighted by molar-refractivity contribution is 5.83. The minimum absolute atomic E-state index is 0.594. The minimum Gasteiger partial charge on any atom is -0.436 e. The molecule has 0 saturated carbocycles. The first-order chi connectivity index (χ1) is 23.7. The minimum atomic E-state index is 0.594. The van der Waals surface area contributed by atoms with Crippen LogP contribution in [-0.2, 0) is 0 Å². The summed E-state index contributed by atoms with van der Waals surface area (Å²) < 4.78 is 6.04. The van der Waals surface area contributed by atoms with Crippen molar-refractivity contribution in [2.24, 2.45) is 0 Å². The molecule has 7 heteroatoms. The molecule has 0 radical (unpaired) electrons. The van der Waals surface area contributed by atoms with Gasteiger partial charge in [0.05, 0.1) is 45.8 Å². The molecule has 3 heterocycles. The first kappa shape index (κ1) is 27.6. The monoisotopic (exact) mass is 618 g/mol. The number of fused-ring (bicyclic) bond motifs is 3. The molecule has 48 heavy (non-hydrogen) atoms. The standard InChI is InChI=1S/C41H26N6O/c1-3-9-35-33(7-1)42-25-38(44-35)27-13-19-30(20-14-27)47(32-23-17-29(18-24-32)41-46-37-11-5-6-12-40(37)48-41)31-21-15-28(16-22-31)39-26-43-34-8-2-4-10-36(34)45-39/h1-26H. The van der Waals surface area contributed by atoms with Crippen LogP contribution >= 0.6 is 0 Å². The predicted molar refractivity (Wildman–Crippen MR) is 191 cm³/mol. The molecule has 0 bridgehead atoms. The Bertz CT molecular complexity index is 2400. The Hall–Kier alpha value is -6.73. The molecule has 9 aromatic rings. The van der Waals surface area contributed by atoms with Gasteiger partial charge in [0, 0.05) is 33.8 Å². The van der Waals surface area contributed by atoms with Crippen molar-refractivity contribution >= 4 is 50.2 Å². The molecule has 0 aliphatic carbocycles. The number of rotatable bonds is 6. The van der Waals surface area contributed by atoms with Gasteiger partial charge in [-0.1, -0.05) is 60.7 Å². The van der Waals surface area contributed by atoms with Gasteiger partial charge in [-0.15, -0.1) is 0 Å². The number of aromatic nitrogens is 5. The summed E-state index contributed by atoms with van der Waals surface area (Å²) in [5.41, 5.74) is 12.7. The van der Waals surface area contributed by atoms with Gasteiger partial charge in [0.25, 0.3) is 0 Å². The van der Waals surface area contributed by atoms with E-state index in [4.69, 9.17) is 14.4 Å². The Labute approximate surface area is 275 Å². The number of benzene rings is 6. The molecule has 0 amide bonds. The van der Waals surface area contributed by atoms with Crippen molar-refractivity contribution < 1.29 is 4.42 Å². The molecule has 0 fully saturated rings. The van der Waals surface area contributed by atoms with Gasteiger partial charge in [0.1, 0.15) is 5.52 Å². The number of hydrogen-bond donors (Lipinski definition) is 0. The van der Waals surface area contributed by atoms with Gasteiger partial charge in [-0.25, -0.2) is 15.0 Å². The molecule has 3 aromatic heterocycles. The van der Waals surface area contributed by atoms with Gasteiger partial charge >= 0.3 is 0 Å². The van der Waals surface area contributed by atoms with E-state index in [9.17, 15) is 0 Å². The number of hydrogen-bond acceptors (Lipinski definition) is 7. The molecule has 0 atom stereocenters. The predicted octanol–water partition coefficient (Wildman–Crippen LogP) is 10.2. The molecule has 0 unspecified atom stereocenters. The van der Waals surface area contributed by atoms with Crippen LogP contribution in [0.5, 0.6) is 0 Å². The molecule has 0 aliphatic heterocycles. The molecule has 0 N–H and O–H groups in total. The maximum Gasteiger partial charge on any atom is 0.227 e. The Morgan fingerprint density at radius 2 is 0.792 bits per heavy atom. The smallest absolute Gasteiger partial charge is 0.227 e. The van der Waals surface area contributed by atoms with Crippen LogP contribution in [0.2, 0.25) is 0 Å². The van der Waals surface area contributed by atoms with Crippen LogP contribution in [0.25, 0.3) is 67.1 Å². The van der Waals surface area contributed by atoms with E-state index in [0.29, 0.717) is 5.89 Å². The zero-order chi connectivity index (χ0) is 31.9. The first-order valence-electron chi connectivity index (χ1n) is 15.7. The average molecular weight is 619 g/mol. The molecular weight excluding hydrogens is 592 g/mol. The number of anilines is 3. The molecule has 0 saturated heterocycles. The lowest BCUT2D eigenvalue weighted by Crippen LogP contribution is -2.09. The van der Waals surface area contributed by atoms with Crippen LogP contribution in [0, 0.1) is 0 Å². The number of para-hydroxylation sites is 6. The van der Waals surface area contributed by atoms with Gasteiger partial charge in [0.2, 0.25) is 5.89 Å². The van der Waals surface area contributed by atoms with Crippen molar-refractivity contribution in [2.75, 3.05) is 4.90 Å². The van der Waals surface area contributed by atoms with Crippen molar-refractivity contribution in [1.29, 1.82) is 0 Å². The highest BCUT2D eigenvalue weighted by Gasteiger charge is 2.16. The average Bonchev–Trinajstić information content (AvgIpc) is 3.60. The molecule has 7 nitrogen and oxygen atoms in total. The van der Waals surface area contributed by atoms with Gasteiger partial charge < -0.3 is 9.32 Å². The van der Waals surface area contributed by atoms with Crippen LogP contribution in [0.1, 0.15) is 0 Å². The summed E-state index contributed by atoms with van der Waals surface area (Å²) in [4.78, 5) is 25.8. The lowest BCUT2D eigenvalue weighted by Gasteiger charge is -2.26. The zero-order valence-electron chi connectivity index (χ0n) is 25.6. The van der Waals surface area contributed by atoms with Crippen molar-refractivity contribution in [3.8, 4) is 34.0 Å². The summed E-state index contributed by atoms with van der Waals surface area (Å²) in [6.07, 6.45) is 3.66. The van der Waals surface area contributed by atoms with Gasteiger partial charge in [0.15, 0.2) is 5.58 Å². The normalized spacial score (nSPS) is 11.3. The zero-order valence-corrected chi connectivity index (χ0v) is 25.6. The second kappa shape index (κ2) is 11.6. The third-order valence-electron chi connectivity index (χ3n) is 8.41. The molecule has 0 spiro atoms. The van der Waals surface area contributed by atoms with Crippen LogP contribution in [0.15, 0.2) is 162 Å². The number of nitrogens with zero attached hydrogens (tertiary/aromatic N) is 6. The van der Waals surface area contributed by atoms with E-state index in [1.807, 2.05) is 97.3 Å². The Balaban J connectivity index is 1.09. The van der Waals surface area contributed by atoms with E-state index in [1.165, 1.54) is 0 Å². The van der Waals surface area contributed by atoms with Crippen LogP contribution < -0.4 is 4.90 Å². The summed E-state index contributed by atoms with van der Waals surface area (Å²) in [6, 6.07) is 48.7. The van der Waals surface area contributed by atoms with Crippen LogP contribution in [0.4, 0.5) is 17.1 Å². The Morgan fingerprint density at radius 1 is 0.375 bits per heavy atom. The third-order valence-corrected chi connectivity index (χ3v) is 8.41. The highest BCUT2D eigenvalue weighted by Crippen LogP contribution is 2.37. The SMILES string of the molecule is c1ccc2nc(-c3ccc(N(c4ccc(-c5cnc6ccccc6n5)cc4)c4ccc(-c5nc6ccccc6o5)cc4)cc3)cnc2c1. The van der Waals surface area contributed by atoms with Crippen molar-refractivity contribution in [1.82, 2.24) is 24.9 Å². The van der Waals surface area contributed by atoms with Crippen molar-refractivity contribution in [3.63, 3.8) is 0 Å². The van der Waals surface area contributed by atoms with Crippen molar-refractivity contribution in [3.05, 3.63) is 158 Å². The van der Waals surface area contributed by atoms with E-state index < -0.39 is 0 Å². The lowest BCUT2D eigenvalue weighted by atomic mass is 10.1. The van der Waals surface area contributed by atoms with Crippen molar-refractivity contribution in [2.45, 2.75) is 0 Å². The van der Waals surface area contributed by atoms with Gasteiger partial charge in [-0.3, -0.25) is 9.97 Å². The quantitative estimate of drug-likeness (QED) is 0.183. The van der Waals surface area contributed by atoms with E-state index in [2.05, 4.69) is 80.5 Å². The summed E-state index contributed by atoms with van der Waals surface area (Å²) in [5.74, 6) is 0.594. The Kier molecular flexibility index (Phi) is 6.64. The largest absolute Gasteiger partial charge is 0.436 e. The van der Waals surface area contributed by atoms with E-state index in [1.54, 1.807) is 0 Å². The second-order valence-electron chi connectivity index (χ2n) is 11.5. The number of oxazole rings is 1. The van der Waals surface area contributed by atoms with E-state index >= 15 is 0 Å². The summed E-state index contributed by atoms with van der Waals surface area (Å²) >= 11 is 0. The second-order valence-corrected chi connectivity index (χ2v) is 11.5. The third kappa shape index (κ3) is 5.09. The molecule has 226 valence electrons. The van der Waals surface area contributed by atoms with Crippen LogP contribution in [-0.4, -0.2) is 24.9 Å². The fraction of sp³-hybridized carbons (Fsp3) is 0. The molecular formula is C41H26N6O. The van der Waals surface area contributed by atoms with E-state index in [0.717, 1.165) is 78.3 Å². The summed E-state index contributed by atoms with van der Waals surface area (Å²) in [6.45, 7) is 0. The van der Waals surface area contributed by atoms with Gasteiger partial charge in [-0.05, 0) is 84.9 Å². The first-order valence-corrected chi connectivity index (χ1v) is 15.7. The maximum absolute atomic E-state index is 6.04. The fourth-order valence-corrected chi connectivity index (χ4v) is 5.95.